The summed E-state index contributed by atoms with van der Waals surface area (Å²) in [6, 6.07) is 8.77. The van der Waals surface area contributed by atoms with E-state index < -0.39 is 23.8 Å². The number of amides is 1. The maximum Gasteiger partial charge on any atom is 0.471 e. The molecule has 0 aliphatic heterocycles. The van der Waals surface area contributed by atoms with E-state index in [-0.39, 0.29) is 23.7 Å². The monoisotopic (exact) mass is 395 g/mol. The quantitative estimate of drug-likeness (QED) is 0.359. The normalized spacial score (nSPS) is 11.4. The minimum Gasteiger partial charge on any atom is -0.461 e. The fourth-order valence-corrected chi connectivity index (χ4v) is 2.23. The van der Waals surface area contributed by atoms with E-state index in [0.29, 0.717) is 5.56 Å². The molecule has 0 N–H and O–H groups in total. The smallest absolute Gasteiger partial charge is 0.461 e. The molecule has 0 saturated carbocycles. The van der Waals surface area contributed by atoms with Crippen LogP contribution < -0.4 is 0 Å². The Morgan fingerprint density at radius 1 is 1.18 bits per heavy atom. The number of carbonyl (C=O) groups excluding carboxylic acids is 2. The fraction of sp³-hybridized carbons (Fsp3) is 0.176. The molecule has 3 rings (SSSR count). The Kier molecular flexibility index (Phi) is 5.27. The lowest BCUT2D eigenvalue weighted by Crippen LogP contribution is -2.35. The van der Waals surface area contributed by atoms with Gasteiger partial charge in [-0.25, -0.2) is 5.06 Å². The number of halogens is 3. The summed E-state index contributed by atoms with van der Waals surface area (Å²) in [4.78, 5) is 32.5. The van der Waals surface area contributed by atoms with E-state index >= 15 is 0 Å². The fourth-order valence-electron chi connectivity index (χ4n) is 2.23. The second kappa shape index (κ2) is 7.64. The second-order valence-electron chi connectivity index (χ2n) is 5.45. The van der Waals surface area contributed by atoms with Crippen LogP contribution in [0.3, 0.4) is 0 Å². The molecule has 28 heavy (non-hydrogen) atoms. The molecule has 2 aromatic heterocycles. The third-order valence-electron chi connectivity index (χ3n) is 3.59. The number of carbonyl (C=O) groups is 2. The molecule has 2 heterocycles. The molecule has 0 aliphatic carbocycles. The van der Waals surface area contributed by atoms with Gasteiger partial charge in [0.15, 0.2) is 5.76 Å². The SMILES string of the molecule is CON(Cc1ccc(-c2noc(C(F)(F)F)n2)cc1)C(=O)C(=O)c1ccco1. The topological polar surface area (TPSA) is 98.7 Å². The Bertz CT molecular complexity index is 965. The lowest BCUT2D eigenvalue weighted by Gasteiger charge is -2.18. The van der Waals surface area contributed by atoms with Gasteiger partial charge in [-0.15, -0.1) is 0 Å². The van der Waals surface area contributed by atoms with Crippen LogP contribution in [0, 0.1) is 0 Å². The molecule has 0 bridgehead atoms. The number of hydrogen-bond acceptors (Lipinski definition) is 7. The van der Waals surface area contributed by atoms with E-state index in [1.54, 1.807) is 0 Å². The Morgan fingerprint density at radius 2 is 1.89 bits per heavy atom. The zero-order valence-electron chi connectivity index (χ0n) is 14.3. The van der Waals surface area contributed by atoms with Crippen molar-refractivity contribution in [2.45, 2.75) is 12.7 Å². The minimum atomic E-state index is -4.73. The van der Waals surface area contributed by atoms with Gasteiger partial charge in [-0.3, -0.25) is 14.4 Å². The van der Waals surface area contributed by atoms with Crippen LogP contribution in [0.5, 0.6) is 0 Å². The molecule has 0 atom stereocenters. The molecular weight excluding hydrogens is 383 g/mol. The lowest BCUT2D eigenvalue weighted by molar-refractivity contribution is -0.173. The maximum absolute atomic E-state index is 12.5. The summed E-state index contributed by atoms with van der Waals surface area (Å²) < 4.78 is 46.7. The van der Waals surface area contributed by atoms with Gasteiger partial charge in [0.2, 0.25) is 5.82 Å². The maximum atomic E-state index is 12.5. The zero-order valence-corrected chi connectivity index (χ0v) is 14.3. The summed E-state index contributed by atoms with van der Waals surface area (Å²) >= 11 is 0. The van der Waals surface area contributed by atoms with Gasteiger partial charge < -0.3 is 8.94 Å². The van der Waals surface area contributed by atoms with Crippen molar-refractivity contribution in [3.63, 3.8) is 0 Å². The van der Waals surface area contributed by atoms with Crippen LogP contribution in [0.4, 0.5) is 13.2 Å². The predicted octanol–water partition coefficient (Wildman–Crippen LogP) is 3.12. The molecule has 8 nitrogen and oxygen atoms in total. The van der Waals surface area contributed by atoms with Crippen LogP contribution in [0.2, 0.25) is 0 Å². The molecule has 0 spiro atoms. The van der Waals surface area contributed by atoms with Crippen molar-refractivity contribution in [3.8, 4) is 11.4 Å². The zero-order chi connectivity index (χ0) is 20.3. The van der Waals surface area contributed by atoms with E-state index in [1.807, 2.05) is 0 Å². The number of nitrogens with zero attached hydrogens (tertiary/aromatic N) is 3. The number of aromatic nitrogens is 2. The molecule has 0 aliphatic rings. The number of ketones is 1. The third-order valence-corrected chi connectivity index (χ3v) is 3.59. The molecule has 0 fully saturated rings. The summed E-state index contributed by atoms with van der Waals surface area (Å²) in [5, 5.41) is 4.12. The van der Waals surface area contributed by atoms with Gasteiger partial charge in [0.05, 0.1) is 19.9 Å². The van der Waals surface area contributed by atoms with Crippen molar-refractivity contribution in [2.75, 3.05) is 7.11 Å². The van der Waals surface area contributed by atoms with E-state index in [4.69, 9.17) is 9.25 Å². The molecule has 11 heteroatoms. The van der Waals surface area contributed by atoms with Crippen LogP contribution in [-0.4, -0.2) is 34.0 Å². The molecule has 1 aromatic carbocycles. The van der Waals surface area contributed by atoms with Crippen LogP contribution >= 0.6 is 0 Å². The Labute approximate surface area is 155 Å². The summed E-state index contributed by atoms with van der Waals surface area (Å²) in [5.74, 6) is -3.62. The van der Waals surface area contributed by atoms with Crippen molar-refractivity contribution in [1.82, 2.24) is 15.2 Å². The van der Waals surface area contributed by atoms with Gasteiger partial charge in [-0.2, -0.15) is 18.2 Å². The highest BCUT2D eigenvalue weighted by Gasteiger charge is 2.38. The number of alkyl halides is 3. The Balaban J connectivity index is 1.71. The van der Waals surface area contributed by atoms with Gasteiger partial charge in [0.1, 0.15) is 0 Å². The van der Waals surface area contributed by atoms with Crippen molar-refractivity contribution in [3.05, 3.63) is 59.9 Å². The second-order valence-corrected chi connectivity index (χ2v) is 5.45. The first-order chi connectivity index (χ1) is 13.3. The Hall–Kier alpha value is -3.47. The first kappa shape index (κ1) is 19.3. The van der Waals surface area contributed by atoms with E-state index in [9.17, 15) is 22.8 Å². The summed E-state index contributed by atoms with van der Waals surface area (Å²) in [6.45, 7) is -0.0812. The first-order valence-corrected chi connectivity index (χ1v) is 7.73. The van der Waals surface area contributed by atoms with Crippen molar-refractivity contribution < 1.29 is 36.5 Å². The van der Waals surface area contributed by atoms with Crippen LogP contribution in [-0.2, 0) is 22.4 Å². The molecule has 3 aromatic rings. The first-order valence-electron chi connectivity index (χ1n) is 7.73. The minimum absolute atomic E-state index is 0.0812. The van der Waals surface area contributed by atoms with Gasteiger partial charge in [0.25, 0.3) is 5.78 Å². The highest BCUT2D eigenvalue weighted by atomic mass is 19.4. The number of furan rings is 1. The average molecular weight is 395 g/mol. The molecule has 0 saturated heterocycles. The highest BCUT2D eigenvalue weighted by molar-refractivity contribution is 6.41. The molecule has 0 unspecified atom stereocenters. The summed E-state index contributed by atoms with van der Waals surface area (Å²) in [5.41, 5.74) is 0.829. The van der Waals surface area contributed by atoms with Crippen LogP contribution in [0.15, 0.2) is 51.6 Å². The van der Waals surface area contributed by atoms with Gasteiger partial charge >= 0.3 is 18.0 Å². The van der Waals surface area contributed by atoms with Crippen LogP contribution in [0.1, 0.15) is 22.0 Å². The third kappa shape index (κ3) is 4.09. The highest BCUT2D eigenvalue weighted by Crippen LogP contribution is 2.29. The van der Waals surface area contributed by atoms with Crippen molar-refractivity contribution >= 4 is 11.7 Å². The summed E-state index contributed by atoms with van der Waals surface area (Å²) in [6.07, 6.45) is -3.47. The summed E-state index contributed by atoms with van der Waals surface area (Å²) in [7, 11) is 1.22. The number of benzene rings is 1. The largest absolute Gasteiger partial charge is 0.471 e. The predicted molar refractivity (Wildman–Crippen MR) is 85.3 cm³/mol. The molecule has 146 valence electrons. The molecule has 1 amide bonds. The van der Waals surface area contributed by atoms with Gasteiger partial charge in [-0.05, 0) is 17.7 Å². The number of hydrogen-bond donors (Lipinski definition) is 0. The Morgan fingerprint density at radius 3 is 2.43 bits per heavy atom. The van der Waals surface area contributed by atoms with Gasteiger partial charge in [0, 0.05) is 5.56 Å². The standard InChI is InChI=1S/C17H12F3N3O5/c1-26-23(15(25)13(24)12-3-2-8-27-12)9-10-4-6-11(7-5-10)14-21-16(28-22-14)17(18,19)20/h2-8H,9H2,1H3. The van der Waals surface area contributed by atoms with Crippen LogP contribution in [0.25, 0.3) is 11.4 Å². The number of Topliss-reactive ketones (excluding diaryl/α,β-unsaturated/α-hetero) is 1. The number of rotatable bonds is 6. The van der Waals surface area contributed by atoms with Gasteiger partial charge in [-0.1, -0.05) is 29.4 Å². The average Bonchev–Trinajstić information content (AvgIpc) is 3.37. The van der Waals surface area contributed by atoms with E-state index in [2.05, 4.69) is 14.7 Å². The van der Waals surface area contributed by atoms with E-state index in [0.717, 1.165) is 5.06 Å². The van der Waals surface area contributed by atoms with Crippen molar-refractivity contribution in [2.24, 2.45) is 0 Å². The van der Waals surface area contributed by atoms with E-state index in [1.165, 1.54) is 49.8 Å². The lowest BCUT2D eigenvalue weighted by atomic mass is 10.1. The number of hydroxylamine groups is 2. The molecular formula is C17H12F3N3O5. The van der Waals surface area contributed by atoms with Crippen molar-refractivity contribution in [1.29, 1.82) is 0 Å². The molecule has 0 radical (unpaired) electrons.